The molecule has 4 nitrogen and oxygen atoms in total. The Morgan fingerprint density at radius 2 is 1.43 bits per heavy atom. The van der Waals surface area contributed by atoms with Crippen molar-refractivity contribution >= 4 is 18.7 Å². The van der Waals surface area contributed by atoms with Crippen LogP contribution >= 0.6 is 0 Å². The van der Waals surface area contributed by atoms with E-state index in [4.69, 9.17) is 18.6 Å². The predicted molar refractivity (Wildman–Crippen MR) is 153 cm³/mol. The van der Waals surface area contributed by atoms with Gasteiger partial charge in [0.2, 0.25) is 0 Å². The number of ether oxygens (including phenoxy) is 3. The summed E-state index contributed by atoms with van der Waals surface area (Å²) in [6.07, 6.45) is 3.67. The number of hydrogen-bond acceptors (Lipinski definition) is 4. The van der Waals surface area contributed by atoms with E-state index in [0.29, 0.717) is 19.8 Å². The van der Waals surface area contributed by atoms with Crippen LogP contribution in [0.2, 0.25) is 5.04 Å². The molecule has 3 aromatic rings. The van der Waals surface area contributed by atoms with Crippen molar-refractivity contribution in [2.75, 3.05) is 19.8 Å². The maximum atomic E-state index is 7.11. The highest BCUT2D eigenvalue weighted by molar-refractivity contribution is 6.99. The molecular formula is C32H42O4Si. The Bertz CT molecular complexity index is 991. The van der Waals surface area contributed by atoms with E-state index in [1.165, 1.54) is 15.9 Å². The third-order valence-electron chi connectivity index (χ3n) is 7.07. The molecule has 1 heterocycles. The Hall–Kier alpha value is -2.28. The minimum Gasteiger partial charge on any atom is -0.407 e. The Balaban J connectivity index is 1.50. The lowest BCUT2D eigenvalue weighted by atomic mass is 10.2. The fraction of sp³-hybridized carbons (Fsp3) is 0.438. The molecule has 1 aliphatic rings. The maximum Gasteiger partial charge on any atom is 0.261 e. The normalized spacial score (nSPS) is 17.4. The van der Waals surface area contributed by atoms with Crippen LogP contribution in [0, 0.1) is 0 Å². The van der Waals surface area contributed by atoms with Crippen molar-refractivity contribution in [3.63, 3.8) is 0 Å². The molecule has 0 aliphatic carbocycles. The van der Waals surface area contributed by atoms with E-state index in [1.807, 2.05) is 18.2 Å². The Kier molecular flexibility index (Phi) is 10.1. The lowest BCUT2D eigenvalue weighted by molar-refractivity contribution is -0.200. The van der Waals surface area contributed by atoms with Crippen molar-refractivity contribution in [3.05, 3.63) is 96.6 Å². The van der Waals surface area contributed by atoms with Crippen LogP contribution < -0.4 is 10.4 Å². The van der Waals surface area contributed by atoms with Crippen molar-refractivity contribution in [3.8, 4) is 0 Å². The second kappa shape index (κ2) is 13.5. The van der Waals surface area contributed by atoms with Gasteiger partial charge in [-0.25, -0.2) is 0 Å². The third-order valence-corrected chi connectivity index (χ3v) is 12.1. The standard InChI is InChI=1S/C32H42O4Si/c1-32(2,3)37(29-17-9-5-10-18-29,30-19-11-6-12-20-30)35-24-22-28(36-31-21-13-14-23-34-31)26-33-25-27-15-7-4-8-16-27/h4-12,15-20,28,31H,13-14,21-26H2,1-3H3/t28-,31?/m0/s1. The molecule has 198 valence electrons. The average molecular weight is 519 g/mol. The largest absolute Gasteiger partial charge is 0.407 e. The van der Waals surface area contributed by atoms with Crippen LogP contribution in [-0.4, -0.2) is 40.5 Å². The zero-order valence-corrected chi connectivity index (χ0v) is 23.6. The molecule has 1 fully saturated rings. The van der Waals surface area contributed by atoms with Gasteiger partial charge >= 0.3 is 0 Å². The molecule has 1 aliphatic heterocycles. The van der Waals surface area contributed by atoms with E-state index in [2.05, 4.69) is 93.6 Å². The molecule has 37 heavy (non-hydrogen) atoms. The molecule has 0 spiro atoms. The molecule has 0 amide bonds. The number of benzene rings is 3. The van der Waals surface area contributed by atoms with Gasteiger partial charge in [0.25, 0.3) is 8.32 Å². The molecule has 0 radical (unpaired) electrons. The topological polar surface area (TPSA) is 36.9 Å². The van der Waals surface area contributed by atoms with Crippen LogP contribution in [0.4, 0.5) is 0 Å². The monoisotopic (exact) mass is 518 g/mol. The lowest BCUT2D eigenvalue weighted by Gasteiger charge is -2.43. The van der Waals surface area contributed by atoms with Gasteiger partial charge in [-0.15, -0.1) is 0 Å². The summed E-state index contributed by atoms with van der Waals surface area (Å²) in [5.41, 5.74) is 1.17. The number of hydrogen-bond donors (Lipinski definition) is 0. The van der Waals surface area contributed by atoms with Gasteiger partial charge in [-0.2, -0.15) is 0 Å². The van der Waals surface area contributed by atoms with Crippen LogP contribution in [0.3, 0.4) is 0 Å². The molecule has 3 aromatic carbocycles. The van der Waals surface area contributed by atoms with Gasteiger partial charge in [0, 0.05) is 13.2 Å². The van der Waals surface area contributed by atoms with Crippen LogP contribution in [0.25, 0.3) is 0 Å². The van der Waals surface area contributed by atoms with Crippen molar-refractivity contribution in [2.24, 2.45) is 0 Å². The van der Waals surface area contributed by atoms with Gasteiger partial charge < -0.3 is 18.6 Å². The molecule has 1 saturated heterocycles. The molecule has 4 rings (SSSR count). The van der Waals surface area contributed by atoms with Gasteiger partial charge in [0.1, 0.15) is 0 Å². The summed E-state index contributed by atoms with van der Waals surface area (Å²) in [7, 11) is -2.58. The van der Waals surface area contributed by atoms with Crippen molar-refractivity contribution in [1.29, 1.82) is 0 Å². The first-order valence-corrected chi connectivity index (χ1v) is 15.5. The number of rotatable bonds is 12. The molecule has 0 aromatic heterocycles. The fourth-order valence-corrected chi connectivity index (χ4v) is 9.79. The summed E-state index contributed by atoms with van der Waals surface area (Å²) in [5, 5.41) is 2.53. The quantitative estimate of drug-likeness (QED) is 0.272. The fourth-order valence-electron chi connectivity index (χ4n) is 5.21. The summed E-state index contributed by atoms with van der Waals surface area (Å²) in [6, 6.07) is 31.9. The van der Waals surface area contributed by atoms with Crippen molar-refractivity contribution < 1.29 is 18.6 Å². The molecule has 2 atom stereocenters. The van der Waals surface area contributed by atoms with E-state index in [0.717, 1.165) is 32.3 Å². The summed E-state index contributed by atoms with van der Waals surface area (Å²) in [4.78, 5) is 0. The van der Waals surface area contributed by atoms with Crippen molar-refractivity contribution in [2.45, 2.75) is 70.5 Å². The zero-order chi connectivity index (χ0) is 26.0. The summed E-state index contributed by atoms with van der Waals surface area (Å²) in [6.45, 7) is 9.38. The van der Waals surface area contributed by atoms with Gasteiger partial charge in [0.05, 0.1) is 19.3 Å². The highest BCUT2D eigenvalue weighted by Crippen LogP contribution is 2.37. The molecule has 0 N–H and O–H groups in total. The second-order valence-corrected chi connectivity index (χ2v) is 15.2. The second-order valence-electron chi connectivity index (χ2n) is 10.9. The van der Waals surface area contributed by atoms with Crippen LogP contribution in [0.15, 0.2) is 91.0 Å². The Labute approximate surface area is 224 Å². The first kappa shape index (κ1) is 27.7. The van der Waals surface area contributed by atoms with Crippen molar-refractivity contribution in [1.82, 2.24) is 0 Å². The van der Waals surface area contributed by atoms with Gasteiger partial charge in [-0.3, -0.25) is 0 Å². The van der Waals surface area contributed by atoms with Crippen LogP contribution in [0.5, 0.6) is 0 Å². The predicted octanol–water partition coefficient (Wildman–Crippen LogP) is 6.08. The molecule has 5 heteroatoms. The van der Waals surface area contributed by atoms with Gasteiger partial charge in [0.15, 0.2) is 6.29 Å². The summed E-state index contributed by atoms with van der Waals surface area (Å²) < 4.78 is 25.6. The molecule has 1 unspecified atom stereocenters. The highest BCUT2D eigenvalue weighted by atomic mass is 28.4. The van der Waals surface area contributed by atoms with E-state index in [1.54, 1.807) is 0 Å². The summed E-state index contributed by atoms with van der Waals surface area (Å²) in [5.74, 6) is 0. The molecular weight excluding hydrogens is 476 g/mol. The summed E-state index contributed by atoms with van der Waals surface area (Å²) >= 11 is 0. The van der Waals surface area contributed by atoms with E-state index in [9.17, 15) is 0 Å². The molecule has 0 bridgehead atoms. The smallest absolute Gasteiger partial charge is 0.261 e. The SMILES string of the molecule is CC(C)(C)[Si](OCC[C@@H](COCc1ccccc1)OC1CCCCO1)(c1ccccc1)c1ccccc1. The highest BCUT2D eigenvalue weighted by Gasteiger charge is 2.50. The molecule has 0 saturated carbocycles. The third kappa shape index (κ3) is 7.40. The van der Waals surface area contributed by atoms with E-state index >= 15 is 0 Å². The minimum atomic E-state index is -2.58. The van der Waals surface area contributed by atoms with E-state index in [-0.39, 0.29) is 17.4 Å². The van der Waals surface area contributed by atoms with Gasteiger partial charge in [-0.05, 0) is 46.7 Å². The lowest BCUT2D eigenvalue weighted by Crippen LogP contribution is -2.66. The zero-order valence-electron chi connectivity index (χ0n) is 22.6. The minimum absolute atomic E-state index is 0.0532. The van der Waals surface area contributed by atoms with Gasteiger partial charge in [-0.1, -0.05) is 112 Å². The van der Waals surface area contributed by atoms with E-state index < -0.39 is 8.32 Å². The average Bonchev–Trinajstić information content (AvgIpc) is 2.92. The maximum absolute atomic E-state index is 7.11. The van der Waals surface area contributed by atoms with Crippen LogP contribution in [-0.2, 0) is 25.2 Å². The Morgan fingerprint density at radius 3 is 1.97 bits per heavy atom. The van der Waals surface area contributed by atoms with Crippen LogP contribution in [0.1, 0.15) is 52.0 Å². The first-order chi connectivity index (χ1) is 18.0. The first-order valence-electron chi connectivity index (χ1n) is 13.6. The Morgan fingerprint density at radius 1 is 0.838 bits per heavy atom.